The molecule has 1 rings (SSSR count). The molecule has 1 aliphatic carbocycles. The van der Waals surface area contributed by atoms with Crippen molar-refractivity contribution in [3.8, 4) is 0 Å². The van der Waals surface area contributed by atoms with Crippen LogP contribution in [0, 0.1) is 17.8 Å². The molecule has 0 unspecified atom stereocenters. The zero-order chi connectivity index (χ0) is 16.0. The minimum atomic E-state index is -0.815. The maximum atomic E-state index is 12.8. The minimum Gasteiger partial charge on any atom is -0.481 e. The molecule has 0 spiro atoms. The van der Waals surface area contributed by atoms with Gasteiger partial charge < -0.3 is 14.9 Å². The Morgan fingerprint density at radius 1 is 1.10 bits per heavy atom. The molecule has 0 aromatic heterocycles. The lowest BCUT2D eigenvalue weighted by Crippen LogP contribution is -2.46. The molecule has 0 bridgehead atoms. The summed E-state index contributed by atoms with van der Waals surface area (Å²) in [6.07, 6.45) is 3.23. The van der Waals surface area contributed by atoms with Crippen LogP contribution in [0.4, 0.5) is 0 Å². The number of amides is 1. The van der Waals surface area contributed by atoms with Crippen LogP contribution in [0.3, 0.4) is 0 Å². The average Bonchev–Trinajstić information content (AvgIpc) is 2.42. The molecule has 0 heterocycles. The van der Waals surface area contributed by atoms with E-state index in [1.54, 1.807) is 0 Å². The summed E-state index contributed by atoms with van der Waals surface area (Å²) < 4.78 is 0. The Morgan fingerprint density at radius 2 is 1.67 bits per heavy atom. The van der Waals surface area contributed by atoms with E-state index in [0.29, 0.717) is 31.8 Å². The van der Waals surface area contributed by atoms with E-state index in [9.17, 15) is 14.7 Å². The van der Waals surface area contributed by atoms with Crippen LogP contribution < -0.4 is 0 Å². The van der Waals surface area contributed by atoms with Gasteiger partial charge in [-0.2, -0.15) is 0 Å². The molecular formula is C16H30N2O3. The molecule has 0 aliphatic heterocycles. The minimum absolute atomic E-state index is 0.0395. The molecule has 1 saturated carbocycles. The van der Waals surface area contributed by atoms with E-state index in [0.717, 1.165) is 19.4 Å². The van der Waals surface area contributed by atoms with Gasteiger partial charge in [0.25, 0.3) is 0 Å². The van der Waals surface area contributed by atoms with Gasteiger partial charge in [0, 0.05) is 19.6 Å². The molecule has 1 aliphatic rings. The van der Waals surface area contributed by atoms with Crippen molar-refractivity contribution in [1.29, 1.82) is 0 Å². The number of carboxylic acids is 1. The molecule has 1 amide bonds. The lowest BCUT2D eigenvalue weighted by molar-refractivity contribution is -0.152. The Kier molecular flexibility index (Phi) is 7.15. The van der Waals surface area contributed by atoms with Crippen LogP contribution in [0.1, 0.15) is 39.5 Å². The molecule has 0 radical (unpaired) electrons. The fraction of sp³-hybridized carbons (Fsp3) is 0.875. The molecule has 1 fully saturated rings. The normalized spacial score (nSPS) is 22.6. The van der Waals surface area contributed by atoms with Gasteiger partial charge in [-0.3, -0.25) is 9.59 Å². The average molecular weight is 298 g/mol. The molecule has 2 atom stereocenters. The van der Waals surface area contributed by atoms with E-state index in [1.165, 1.54) is 0 Å². The van der Waals surface area contributed by atoms with Gasteiger partial charge in [-0.05, 0) is 32.9 Å². The Balaban J connectivity index is 2.78. The standard InChI is InChI=1S/C16H30N2O3/c1-12(2)11-18(10-9-17(3)4)15(19)13-7-5-6-8-14(13)16(20)21/h12-14H,5-11H2,1-4H3,(H,20,21)/t13-,14+/m1/s1. The van der Waals surface area contributed by atoms with Crippen LogP contribution in [-0.4, -0.2) is 60.5 Å². The van der Waals surface area contributed by atoms with Gasteiger partial charge in [-0.25, -0.2) is 0 Å². The molecule has 21 heavy (non-hydrogen) atoms. The Hall–Kier alpha value is -1.10. The van der Waals surface area contributed by atoms with E-state index in [1.807, 2.05) is 19.0 Å². The van der Waals surface area contributed by atoms with E-state index < -0.39 is 11.9 Å². The summed E-state index contributed by atoms with van der Waals surface area (Å²) in [6, 6.07) is 0. The SMILES string of the molecule is CC(C)CN(CCN(C)C)C(=O)[C@@H]1CCCC[C@@H]1C(=O)O. The highest BCUT2D eigenvalue weighted by atomic mass is 16.4. The number of likely N-dealkylation sites (N-methyl/N-ethyl adjacent to an activating group) is 1. The van der Waals surface area contributed by atoms with E-state index in [-0.39, 0.29) is 11.8 Å². The van der Waals surface area contributed by atoms with Crippen LogP contribution in [0.5, 0.6) is 0 Å². The number of carbonyl (C=O) groups excluding carboxylic acids is 1. The summed E-state index contributed by atoms with van der Waals surface area (Å²) in [5.41, 5.74) is 0. The summed E-state index contributed by atoms with van der Waals surface area (Å²) in [5.74, 6) is -1.22. The first kappa shape index (κ1) is 18.0. The van der Waals surface area contributed by atoms with Crippen molar-refractivity contribution in [2.45, 2.75) is 39.5 Å². The summed E-state index contributed by atoms with van der Waals surface area (Å²) >= 11 is 0. The molecule has 5 heteroatoms. The van der Waals surface area contributed by atoms with Crippen LogP contribution in [0.15, 0.2) is 0 Å². The largest absolute Gasteiger partial charge is 0.481 e. The van der Waals surface area contributed by atoms with Crippen molar-refractivity contribution in [3.63, 3.8) is 0 Å². The monoisotopic (exact) mass is 298 g/mol. The van der Waals surface area contributed by atoms with E-state index in [2.05, 4.69) is 18.7 Å². The van der Waals surface area contributed by atoms with E-state index >= 15 is 0 Å². The molecule has 5 nitrogen and oxygen atoms in total. The van der Waals surface area contributed by atoms with Crippen molar-refractivity contribution in [2.24, 2.45) is 17.8 Å². The number of carboxylic acid groups (broad SMARTS) is 1. The van der Waals surface area contributed by atoms with Gasteiger partial charge in [0.1, 0.15) is 0 Å². The number of carbonyl (C=O) groups is 2. The Bertz CT molecular complexity index is 355. The molecule has 0 aromatic rings. The lowest BCUT2D eigenvalue weighted by Gasteiger charge is -2.34. The number of hydrogen-bond donors (Lipinski definition) is 1. The Labute approximate surface area is 128 Å². The predicted octanol–water partition coefficient (Wildman–Crippen LogP) is 1.92. The van der Waals surface area contributed by atoms with Crippen LogP contribution in [0.2, 0.25) is 0 Å². The van der Waals surface area contributed by atoms with Crippen molar-refractivity contribution >= 4 is 11.9 Å². The Morgan fingerprint density at radius 3 is 2.14 bits per heavy atom. The van der Waals surface area contributed by atoms with Crippen LogP contribution >= 0.6 is 0 Å². The maximum Gasteiger partial charge on any atom is 0.307 e. The first-order chi connectivity index (χ1) is 9.82. The van der Waals surface area contributed by atoms with Crippen molar-refractivity contribution in [1.82, 2.24) is 9.80 Å². The second-order valence-electron chi connectivity index (χ2n) is 6.82. The fourth-order valence-corrected chi connectivity index (χ4v) is 3.01. The quantitative estimate of drug-likeness (QED) is 0.780. The van der Waals surface area contributed by atoms with Crippen LogP contribution in [0.25, 0.3) is 0 Å². The maximum absolute atomic E-state index is 12.8. The molecule has 122 valence electrons. The zero-order valence-corrected chi connectivity index (χ0v) is 13.8. The molecule has 0 saturated heterocycles. The third-order valence-electron chi connectivity index (χ3n) is 4.11. The zero-order valence-electron chi connectivity index (χ0n) is 13.8. The highest BCUT2D eigenvalue weighted by Gasteiger charge is 2.37. The van der Waals surface area contributed by atoms with Gasteiger partial charge in [-0.1, -0.05) is 26.7 Å². The van der Waals surface area contributed by atoms with Gasteiger partial charge in [0.05, 0.1) is 11.8 Å². The third kappa shape index (κ3) is 5.65. The van der Waals surface area contributed by atoms with Gasteiger partial charge in [0.15, 0.2) is 0 Å². The molecule has 1 N–H and O–H groups in total. The predicted molar refractivity (Wildman–Crippen MR) is 83.1 cm³/mol. The van der Waals surface area contributed by atoms with Crippen LogP contribution in [-0.2, 0) is 9.59 Å². The molecular weight excluding hydrogens is 268 g/mol. The van der Waals surface area contributed by atoms with Gasteiger partial charge in [-0.15, -0.1) is 0 Å². The number of nitrogens with zero attached hydrogens (tertiary/aromatic N) is 2. The van der Waals surface area contributed by atoms with E-state index in [4.69, 9.17) is 0 Å². The summed E-state index contributed by atoms with van der Waals surface area (Å²) in [7, 11) is 3.97. The second-order valence-corrected chi connectivity index (χ2v) is 6.82. The third-order valence-corrected chi connectivity index (χ3v) is 4.11. The first-order valence-corrected chi connectivity index (χ1v) is 7.99. The van der Waals surface area contributed by atoms with Crippen molar-refractivity contribution < 1.29 is 14.7 Å². The smallest absolute Gasteiger partial charge is 0.307 e. The van der Waals surface area contributed by atoms with Crippen molar-refractivity contribution in [2.75, 3.05) is 33.7 Å². The highest BCUT2D eigenvalue weighted by molar-refractivity contribution is 5.85. The number of aliphatic carboxylic acids is 1. The van der Waals surface area contributed by atoms with Gasteiger partial charge >= 0.3 is 5.97 Å². The number of rotatable bonds is 7. The summed E-state index contributed by atoms with van der Waals surface area (Å²) in [4.78, 5) is 28.1. The first-order valence-electron chi connectivity index (χ1n) is 7.99. The second kappa shape index (κ2) is 8.37. The summed E-state index contributed by atoms with van der Waals surface area (Å²) in [5, 5.41) is 9.36. The topological polar surface area (TPSA) is 60.9 Å². The molecule has 0 aromatic carbocycles. The fourth-order valence-electron chi connectivity index (χ4n) is 3.01. The lowest BCUT2D eigenvalue weighted by atomic mass is 9.78. The van der Waals surface area contributed by atoms with Crippen molar-refractivity contribution in [3.05, 3.63) is 0 Å². The summed E-state index contributed by atoms with van der Waals surface area (Å²) in [6.45, 7) is 6.36. The number of hydrogen-bond acceptors (Lipinski definition) is 3. The van der Waals surface area contributed by atoms with Gasteiger partial charge in [0.2, 0.25) is 5.91 Å². The highest BCUT2D eigenvalue weighted by Crippen LogP contribution is 2.31.